The number of hydrogen-bond donors (Lipinski definition) is 2. The van der Waals surface area contributed by atoms with Gasteiger partial charge in [-0.3, -0.25) is 14.6 Å². The second-order valence-electron chi connectivity index (χ2n) is 3.85. The van der Waals surface area contributed by atoms with Crippen molar-refractivity contribution in [1.29, 1.82) is 0 Å². The van der Waals surface area contributed by atoms with Gasteiger partial charge in [0.15, 0.2) is 5.78 Å². The fourth-order valence-corrected chi connectivity index (χ4v) is 1.50. The molecule has 0 bridgehead atoms. The monoisotopic (exact) mass is 243 g/mol. The number of pyridine rings is 1. The average Bonchev–Trinajstić information content (AvgIpc) is 2.87. The number of nitrogens with one attached hydrogen (secondary N) is 2. The van der Waals surface area contributed by atoms with Crippen LogP contribution in [0.2, 0.25) is 0 Å². The Kier molecular flexibility index (Phi) is 3.52. The van der Waals surface area contributed by atoms with E-state index in [4.69, 9.17) is 0 Å². The summed E-state index contributed by atoms with van der Waals surface area (Å²) < 4.78 is 0. The first-order chi connectivity index (χ1) is 8.66. The van der Waals surface area contributed by atoms with Gasteiger partial charge >= 0.3 is 0 Å². The number of ketones is 1. The minimum absolute atomic E-state index is 0.0984. The lowest BCUT2D eigenvalue weighted by molar-refractivity contribution is 0.0946. The molecule has 0 spiro atoms. The first kappa shape index (κ1) is 12.0. The van der Waals surface area contributed by atoms with Gasteiger partial charge in [0.25, 0.3) is 5.91 Å². The highest BCUT2D eigenvalue weighted by molar-refractivity contribution is 5.97. The van der Waals surface area contributed by atoms with Crippen molar-refractivity contribution in [2.24, 2.45) is 0 Å². The van der Waals surface area contributed by atoms with Gasteiger partial charge in [0.1, 0.15) is 5.69 Å². The number of aromatic nitrogens is 2. The lowest BCUT2D eigenvalue weighted by Gasteiger charge is -2.02. The smallest absolute Gasteiger partial charge is 0.268 e. The number of H-pyrrole nitrogens is 1. The number of carbonyl (C=O) groups excluding carboxylic acids is 2. The highest BCUT2D eigenvalue weighted by Gasteiger charge is 2.09. The van der Waals surface area contributed by atoms with Crippen LogP contribution in [0.5, 0.6) is 0 Å². The molecule has 0 aliphatic heterocycles. The van der Waals surface area contributed by atoms with Crippen LogP contribution in [-0.4, -0.2) is 21.7 Å². The topological polar surface area (TPSA) is 74.8 Å². The predicted octanol–water partition coefficient (Wildman–Crippen LogP) is 1.54. The summed E-state index contributed by atoms with van der Waals surface area (Å²) in [5.41, 5.74) is 1.58. The van der Waals surface area contributed by atoms with E-state index >= 15 is 0 Å². The summed E-state index contributed by atoms with van der Waals surface area (Å²) >= 11 is 0. The summed E-state index contributed by atoms with van der Waals surface area (Å²) in [6.07, 6.45) is 1.67. The van der Waals surface area contributed by atoms with Crippen LogP contribution in [0.1, 0.15) is 33.6 Å². The molecule has 2 N–H and O–H groups in total. The SMILES string of the molecule is CC(=O)c1ccc(C(=O)NCc2ccccn2)[nH]1. The third-order valence-electron chi connectivity index (χ3n) is 2.47. The maximum absolute atomic E-state index is 11.8. The fourth-order valence-electron chi connectivity index (χ4n) is 1.50. The van der Waals surface area contributed by atoms with Crippen molar-refractivity contribution >= 4 is 11.7 Å². The number of rotatable bonds is 4. The van der Waals surface area contributed by atoms with Crippen LogP contribution in [0, 0.1) is 0 Å². The number of carbonyl (C=O) groups is 2. The summed E-state index contributed by atoms with van der Waals surface area (Å²) in [5, 5.41) is 2.72. The minimum atomic E-state index is -0.256. The third-order valence-corrected chi connectivity index (χ3v) is 2.47. The Bertz CT molecular complexity index is 561. The van der Waals surface area contributed by atoms with Crippen molar-refractivity contribution in [3.8, 4) is 0 Å². The number of amides is 1. The fraction of sp³-hybridized carbons (Fsp3) is 0.154. The molecule has 0 radical (unpaired) electrons. The van der Waals surface area contributed by atoms with Crippen LogP contribution in [-0.2, 0) is 6.54 Å². The van der Waals surface area contributed by atoms with Crippen molar-refractivity contribution in [2.75, 3.05) is 0 Å². The van der Waals surface area contributed by atoms with E-state index in [9.17, 15) is 9.59 Å². The highest BCUT2D eigenvalue weighted by atomic mass is 16.2. The first-order valence-electron chi connectivity index (χ1n) is 5.55. The molecule has 0 aromatic carbocycles. The molecule has 2 rings (SSSR count). The molecule has 2 aromatic heterocycles. The van der Waals surface area contributed by atoms with Gasteiger partial charge in [0.2, 0.25) is 0 Å². The molecule has 2 heterocycles. The molecule has 0 aliphatic carbocycles. The van der Waals surface area contributed by atoms with Gasteiger partial charge in [-0.05, 0) is 24.3 Å². The molecule has 0 unspecified atom stereocenters. The predicted molar refractivity (Wildman–Crippen MR) is 66.2 cm³/mol. The molecule has 0 saturated carbocycles. The minimum Gasteiger partial charge on any atom is -0.348 e. The van der Waals surface area contributed by atoms with Gasteiger partial charge in [0, 0.05) is 13.1 Å². The van der Waals surface area contributed by atoms with E-state index in [1.807, 2.05) is 18.2 Å². The summed E-state index contributed by atoms with van der Waals surface area (Å²) in [5.74, 6) is -0.355. The summed E-state index contributed by atoms with van der Waals surface area (Å²) in [6.45, 7) is 1.80. The van der Waals surface area contributed by atoms with Crippen LogP contribution >= 0.6 is 0 Å². The second-order valence-corrected chi connectivity index (χ2v) is 3.85. The molecule has 5 nitrogen and oxygen atoms in total. The van der Waals surface area contributed by atoms with Crippen molar-refractivity contribution in [3.05, 3.63) is 53.6 Å². The molecule has 2 aromatic rings. The van der Waals surface area contributed by atoms with Crippen LogP contribution in [0.25, 0.3) is 0 Å². The molecule has 0 aliphatic rings. The van der Waals surface area contributed by atoms with Gasteiger partial charge in [-0.15, -0.1) is 0 Å². The number of nitrogens with zero attached hydrogens (tertiary/aromatic N) is 1. The summed E-state index contributed by atoms with van der Waals surface area (Å²) in [4.78, 5) is 29.7. The number of Topliss-reactive ketones (excluding diaryl/α,β-unsaturated/α-hetero) is 1. The van der Waals surface area contributed by atoms with Gasteiger partial charge < -0.3 is 10.3 Å². The van der Waals surface area contributed by atoms with E-state index in [0.717, 1.165) is 5.69 Å². The Labute approximate surface area is 104 Å². The van der Waals surface area contributed by atoms with Gasteiger partial charge in [0.05, 0.1) is 17.9 Å². The normalized spacial score (nSPS) is 10.1. The molecule has 18 heavy (non-hydrogen) atoms. The van der Waals surface area contributed by atoms with Gasteiger partial charge in [-0.2, -0.15) is 0 Å². The second kappa shape index (κ2) is 5.27. The van der Waals surface area contributed by atoms with Crippen LogP contribution in [0.15, 0.2) is 36.5 Å². The number of hydrogen-bond acceptors (Lipinski definition) is 3. The molecule has 0 saturated heterocycles. The van der Waals surface area contributed by atoms with E-state index < -0.39 is 0 Å². The van der Waals surface area contributed by atoms with Crippen LogP contribution < -0.4 is 5.32 Å². The molecule has 5 heteroatoms. The Balaban J connectivity index is 1.97. The largest absolute Gasteiger partial charge is 0.348 e. The Morgan fingerprint density at radius 1 is 1.22 bits per heavy atom. The first-order valence-corrected chi connectivity index (χ1v) is 5.55. The van der Waals surface area contributed by atoms with E-state index in [0.29, 0.717) is 17.9 Å². The standard InChI is InChI=1S/C13H13N3O2/c1-9(17)11-5-6-12(16-11)13(18)15-8-10-4-2-3-7-14-10/h2-7,16H,8H2,1H3,(H,15,18). The molecule has 0 fully saturated rings. The Hall–Kier alpha value is -2.43. The zero-order valence-electron chi connectivity index (χ0n) is 9.93. The maximum Gasteiger partial charge on any atom is 0.268 e. The van der Waals surface area contributed by atoms with Crippen molar-refractivity contribution in [1.82, 2.24) is 15.3 Å². The lowest BCUT2D eigenvalue weighted by Crippen LogP contribution is -2.23. The zero-order valence-corrected chi connectivity index (χ0v) is 9.93. The molecule has 0 atom stereocenters. The molecule has 1 amide bonds. The molecule has 92 valence electrons. The summed E-state index contributed by atoms with van der Waals surface area (Å²) in [7, 11) is 0. The van der Waals surface area contributed by atoms with Crippen molar-refractivity contribution in [3.63, 3.8) is 0 Å². The van der Waals surface area contributed by atoms with E-state index in [2.05, 4.69) is 15.3 Å². The van der Waals surface area contributed by atoms with E-state index in [-0.39, 0.29) is 11.7 Å². The quantitative estimate of drug-likeness (QED) is 0.800. The highest BCUT2D eigenvalue weighted by Crippen LogP contribution is 2.03. The van der Waals surface area contributed by atoms with E-state index in [1.54, 1.807) is 18.3 Å². The molecular weight excluding hydrogens is 230 g/mol. The van der Waals surface area contributed by atoms with Crippen LogP contribution in [0.4, 0.5) is 0 Å². The van der Waals surface area contributed by atoms with Crippen LogP contribution in [0.3, 0.4) is 0 Å². The number of aromatic amines is 1. The lowest BCUT2D eigenvalue weighted by atomic mass is 10.3. The zero-order chi connectivity index (χ0) is 13.0. The van der Waals surface area contributed by atoms with Gasteiger partial charge in [-0.25, -0.2) is 0 Å². The Morgan fingerprint density at radius 3 is 2.61 bits per heavy atom. The van der Waals surface area contributed by atoms with Gasteiger partial charge in [-0.1, -0.05) is 6.07 Å². The van der Waals surface area contributed by atoms with Crippen molar-refractivity contribution in [2.45, 2.75) is 13.5 Å². The average molecular weight is 243 g/mol. The van der Waals surface area contributed by atoms with E-state index in [1.165, 1.54) is 6.92 Å². The Morgan fingerprint density at radius 2 is 2.00 bits per heavy atom. The van der Waals surface area contributed by atoms with Crippen molar-refractivity contribution < 1.29 is 9.59 Å². The maximum atomic E-state index is 11.8. The molecular formula is C13H13N3O2. The summed E-state index contributed by atoms with van der Waals surface area (Å²) in [6, 6.07) is 8.69. The third kappa shape index (κ3) is 2.82.